The van der Waals surface area contributed by atoms with E-state index in [-0.39, 0.29) is 29.3 Å². The van der Waals surface area contributed by atoms with Crippen LogP contribution in [0.2, 0.25) is 0 Å². The third kappa shape index (κ3) is 3.30. The van der Waals surface area contributed by atoms with E-state index in [4.69, 9.17) is 15.7 Å². The highest BCUT2D eigenvalue weighted by molar-refractivity contribution is 5.99. The van der Waals surface area contributed by atoms with Crippen molar-refractivity contribution in [1.82, 2.24) is 0 Å². The van der Waals surface area contributed by atoms with Crippen molar-refractivity contribution in [2.75, 3.05) is 11.9 Å². The number of hydrogen-bond donors (Lipinski definition) is 3. The van der Waals surface area contributed by atoms with Crippen LogP contribution in [0, 0.1) is 11.7 Å². The van der Waals surface area contributed by atoms with Gasteiger partial charge in [0.15, 0.2) is 5.84 Å². The molecule has 2 atom stereocenters. The molecule has 7 heteroatoms. The summed E-state index contributed by atoms with van der Waals surface area (Å²) in [5.74, 6) is -1.36. The van der Waals surface area contributed by atoms with Crippen LogP contribution in [0.15, 0.2) is 23.4 Å². The molecule has 1 saturated heterocycles. The van der Waals surface area contributed by atoms with Crippen LogP contribution in [0.25, 0.3) is 0 Å². The molecule has 1 aliphatic rings. The minimum absolute atomic E-state index is 0.0648. The molecule has 2 unspecified atom stereocenters. The van der Waals surface area contributed by atoms with Crippen molar-refractivity contribution in [2.45, 2.75) is 25.9 Å². The number of nitrogens with two attached hydrogens (primary N) is 1. The van der Waals surface area contributed by atoms with Gasteiger partial charge >= 0.3 is 0 Å². The molecule has 0 bridgehead atoms. The van der Waals surface area contributed by atoms with Crippen molar-refractivity contribution in [3.8, 4) is 0 Å². The normalized spacial score (nSPS) is 22.3. The highest BCUT2D eigenvalue weighted by Gasteiger charge is 2.32. The van der Waals surface area contributed by atoms with Crippen molar-refractivity contribution in [2.24, 2.45) is 16.8 Å². The summed E-state index contributed by atoms with van der Waals surface area (Å²) in [6, 6.07) is 3.92. The van der Waals surface area contributed by atoms with Gasteiger partial charge in [0.25, 0.3) is 0 Å². The van der Waals surface area contributed by atoms with E-state index in [9.17, 15) is 9.18 Å². The molecule has 6 nitrogen and oxygen atoms in total. The minimum atomic E-state index is -0.626. The Labute approximate surface area is 121 Å². The van der Waals surface area contributed by atoms with E-state index in [2.05, 4.69) is 10.5 Å². The fraction of sp³-hybridized carbons (Fsp3) is 0.429. The molecule has 0 radical (unpaired) electrons. The molecule has 4 N–H and O–H groups in total. The van der Waals surface area contributed by atoms with Crippen LogP contribution in [0.1, 0.15) is 25.3 Å². The number of carbonyl (C=O) groups excluding carboxylic acids is 1. The van der Waals surface area contributed by atoms with Crippen molar-refractivity contribution >= 4 is 17.4 Å². The second kappa shape index (κ2) is 6.53. The zero-order chi connectivity index (χ0) is 15.4. The quantitative estimate of drug-likeness (QED) is 0.341. The number of benzene rings is 1. The first kappa shape index (κ1) is 15.2. The second-order valence-corrected chi connectivity index (χ2v) is 4.88. The number of halogens is 1. The molecule has 21 heavy (non-hydrogen) atoms. The first-order valence-corrected chi connectivity index (χ1v) is 6.76. The van der Waals surface area contributed by atoms with Crippen LogP contribution < -0.4 is 11.1 Å². The number of amides is 1. The van der Waals surface area contributed by atoms with Gasteiger partial charge in [-0.3, -0.25) is 4.79 Å². The van der Waals surface area contributed by atoms with Gasteiger partial charge in [0.1, 0.15) is 5.82 Å². The fourth-order valence-electron chi connectivity index (χ4n) is 2.44. The lowest BCUT2D eigenvalue weighted by Crippen LogP contribution is -2.29. The summed E-state index contributed by atoms with van der Waals surface area (Å²) in [6.45, 7) is 2.53. The minimum Gasteiger partial charge on any atom is -0.409 e. The van der Waals surface area contributed by atoms with Crippen LogP contribution >= 0.6 is 0 Å². The van der Waals surface area contributed by atoms with E-state index in [0.29, 0.717) is 18.7 Å². The SMILES string of the molecule is CCC1OCCC1C(=O)Nc1ccc(F)c(/C(N)=N/O)c1. The topological polar surface area (TPSA) is 96.9 Å². The molecule has 1 aromatic carbocycles. The predicted molar refractivity (Wildman–Crippen MR) is 75.7 cm³/mol. The zero-order valence-electron chi connectivity index (χ0n) is 11.7. The Bertz CT molecular complexity index is 562. The van der Waals surface area contributed by atoms with E-state index >= 15 is 0 Å². The number of carbonyl (C=O) groups is 1. The number of hydrogen-bond acceptors (Lipinski definition) is 4. The number of ether oxygens (including phenoxy) is 1. The lowest BCUT2D eigenvalue weighted by Gasteiger charge is -2.16. The van der Waals surface area contributed by atoms with Gasteiger partial charge in [0, 0.05) is 12.3 Å². The van der Waals surface area contributed by atoms with E-state index in [0.717, 1.165) is 12.5 Å². The number of oxime groups is 1. The van der Waals surface area contributed by atoms with Gasteiger partial charge in [0.05, 0.1) is 17.6 Å². The molecule has 1 aliphatic heterocycles. The summed E-state index contributed by atoms with van der Waals surface area (Å²) in [6.07, 6.45) is 1.34. The highest BCUT2D eigenvalue weighted by atomic mass is 19.1. The maximum absolute atomic E-state index is 13.6. The van der Waals surface area contributed by atoms with Gasteiger partial charge < -0.3 is 21.0 Å². The average Bonchev–Trinajstić information content (AvgIpc) is 2.97. The molecule has 0 aliphatic carbocycles. The highest BCUT2D eigenvalue weighted by Crippen LogP contribution is 2.25. The fourth-order valence-corrected chi connectivity index (χ4v) is 2.44. The monoisotopic (exact) mass is 295 g/mol. The molecule has 2 rings (SSSR count). The average molecular weight is 295 g/mol. The first-order chi connectivity index (χ1) is 10.1. The Morgan fingerprint density at radius 1 is 1.62 bits per heavy atom. The molecule has 1 heterocycles. The van der Waals surface area contributed by atoms with Gasteiger partial charge in [-0.15, -0.1) is 0 Å². The van der Waals surface area contributed by atoms with E-state index in [1.54, 1.807) is 0 Å². The summed E-state index contributed by atoms with van der Waals surface area (Å²) in [4.78, 5) is 12.2. The third-order valence-corrected chi connectivity index (χ3v) is 3.57. The van der Waals surface area contributed by atoms with E-state index < -0.39 is 5.82 Å². The summed E-state index contributed by atoms with van der Waals surface area (Å²) in [5, 5.41) is 14.1. The van der Waals surface area contributed by atoms with Crippen LogP contribution in [-0.4, -0.2) is 29.7 Å². The number of nitrogens with zero attached hydrogens (tertiary/aromatic N) is 1. The second-order valence-electron chi connectivity index (χ2n) is 4.88. The zero-order valence-corrected chi connectivity index (χ0v) is 11.7. The molecule has 114 valence electrons. The van der Waals surface area contributed by atoms with Crippen molar-refractivity contribution in [3.05, 3.63) is 29.6 Å². The van der Waals surface area contributed by atoms with Crippen LogP contribution in [-0.2, 0) is 9.53 Å². The van der Waals surface area contributed by atoms with Gasteiger partial charge in [-0.2, -0.15) is 0 Å². The van der Waals surface area contributed by atoms with Crippen LogP contribution in [0.3, 0.4) is 0 Å². The van der Waals surface area contributed by atoms with Crippen LogP contribution in [0.5, 0.6) is 0 Å². The lowest BCUT2D eigenvalue weighted by atomic mass is 9.98. The molecule has 0 aromatic heterocycles. The molecule has 0 saturated carbocycles. The van der Waals surface area contributed by atoms with Crippen LogP contribution in [0.4, 0.5) is 10.1 Å². The van der Waals surface area contributed by atoms with Crippen molar-refractivity contribution in [1.29, 1.82) is 0 Å². The Balaban J connectivity index is 2.14. The van der Waals surface area contributed by atoms with Gasteiger partial charge in [-0.1, -0.05) is 12.1 Å². The molecule has 1 fully saturated rings. The number of amidine groups is 1. The molecule has 0 spiro atoms. The summed E-state index contributed by atoms with van der Waals surface area (Å²) < 4.78 is 19.0. The summed E-state index contributed by atoms with van der Waals surface area (Å²) >= 11 is 0. The molecular formula is C14H18FN3O3. The molecular weight excluding hydrogens is 277 g/mol. The molecule has 1 amide bonds. The first-order valence-electron chi connectivity index (χ1n) is 6.76. The predicted octanol–water partition coefficient (Wildman–Crippen LogP) is 1.67. The summed E-state index contributed by atoms with van der Waals surface area (Å²) in [5.41, 5.74) is 5.72. The maximum Gasteiger partial charge on any atom is 0.230 e. The number of nitrogens with one attached hydrogen (secondary N) is 1. The van der Waals surface area contributed by atoms with Gasteiger partial charge in [-0.05, 0) is 31.0 Å². The number of anilines is 1. The van der Waals surface area contributed by atoms with E-state index in [1.807, 2.05) is 6.92 Å². The van der Waals surface area contributed by atoms with E-state index in [1.165, 1.54) is 12.1 Å². The Morgan fingerprint density at radius 3 is 3.05 bits per heavy atom. The largest absolute Gasteiger partial charge is 0.409 e. The number of rotatable bonds is 4. The lowest BCUT2D eigenvalue weighted by molar-refractivity contribution is -0.121. The Hall–Kier alpha value is -2.15. The molecule has 1 aromatic rings. The standard InChI is InChI=1S/C14H18FN3O3/c1-2-12-9(5-6-21-12)14(19)17-8-3-4-11(15)10(7-8)13(16)18-20/h3-4,7,9,12,20H,2,5-6H2,1H3,(H2,16,18)(H,17,19). The maximum atomic E-state index is 13.6. The summed E-state index contributed by atoms with van der Waals surface area (Å²) in [7, 11) is 0. The smallest absolute Gasteiger partial charge is 0.230 e. The van der Waals surface area contributed by atoms with Crippen molar-refractivity contribution in [3.63, 3.8) is 0 Å². The van der Waals surface area contributed by atoms with Gasteiger partial charge in [-0.25, -0.2) is 4.39 Å². The Kier molecular flexibility index (Phi) is 4.74. The Morgan fingerprint density at radius 2 is 2.38 bits per heavy atom. The van der Waals surface area contributed by atoms with Crippen molar-refractivity contribution < 1.29 is 19.1 Å². The third-order valence-electron chi connectivity index (χ3n) is 3.57. The van der Waals surface area contributed by atoms with Gasteiger partial charge in [0.2, 0.25) is 5.91 Å².